The van der Waals surface area contributed by atoms with Gasteiger partial charge in [0.1, 0.15) is 5.41 Å². The molecule has 1 aromatic carbocycles. The second kappa shape index (κ2) is 6.93. The lowest BCUT2D eigenvalue weighted by Crippen LogP contribution is -2.42. The van der Waals surface area contributed by atoms with Crippen molar-refractivity contribution < 1.29 is 14.3 Å². The number of nitrogens with one attached hydrogen (secondary N) is 2. The van der Waals surface area contributed by atoms with Gasteiger partial charge < -0.3 is 15.4 Å². The summed E-state index contributed by atoms with van der Waals surface area (Å²) in [5.41, 5.74) is 2.08. The predicted octanol–water partition coefficient (Wildman–Crippen LogP) is 2.57. The molecule has 5 nitrogen and oxygen atoms in total. The number of para-hydroxylation sites is 1. The third-order valence-corrected chi connectivity index (χ3v) is 5.11. The van der Waals surface area contributed by atoms with Crippen LogP contribution in [0, 0.1) is 12.3 Å². The second-order valence-electron chi connectivity index (χ2n) is 6.84. The van der Waals surface area contributed by atoms with E-state index in [1.54, 1.807) is 0 Å². The summed E-state index contributed by atoms with van der Waals surface area (Å²) in [7, 11) is 0. The first-order valence-electron chi connectivity index (χ1n) is 8.86. The van der Waals surface area contributed by atoms with Gasteiger partial charge in [-0.15, -0.1) is 0 Å². The van der Waals surface area contributed by atoms with Crippen molar-refractivity contribution in [2.45, 2.75) is 52.1 Å². The van der Waals surface area contributed by atoms with Crippen molar-refractivity contribution in [1.29, 1.82) is 0 Å². The molecule has 2 aliphatic rings. The van der Waals surface area contributed by atoms with Gasteiger partial charge in [0.2, 0.25) is 11.8 Å². The molecule has 1 aliphatic heterocycles. The molecule has 0 aromatic heterocycles. The van der Waals surface area contributed by atoms with E-state index in [0.29, 0.717) is 19.4 Å². The zero-order valence-corrected chi connectivity index (χ0v) is 14.5. The fraction of sp³-hybridized carbons (Fsp3) is 0.579. The van der Waals surface area contributed by atoms with Gasteiger partial charge in [0.05, 0.1) is 6.10 Å². The number of amides is 2. The number of carbonyl (C=O) groups excluding carboxylic acids is 2. The van der Waals surface area contributed by atoms with E-state index in [1.807, 2.05) is 25.1 Å². The maximum atomic E-state index is 12.8. The zero-order valence-electron chi connectivity index (χ0n) is 14.5. The maximum Gasteiger partial charge on any atom is 0.240 e. The number of aryl methyl sites for hydroxylation is 2. The summed E-state index contributed by atoms with van der Waals surface area (Å²) in [5.74, 6) is -0.349. The minimum atomic E-state index is -0.897. The van der Waals surface area contributed by atoms with Crippen molar-refractivity contribution in [2.75, 3.05) is 18.5 Å². The molecule has 2 amide bonds. The first-order valence-corrected chi connectivity index (χ1v) is 8.86. The number of rotatable bonds is 6. The standard InChI is InChI=1S/C19H26N2O3/c1-3-14-7-4-6-13(2)16(14)21-18(23)19(9-10-19)17(22)20-12-15-8-5-11-24-15/h4,6-7,15H,3,5,8-12H2,1-2H3,(H,20,22)(H,21,23). The van der Waals surface area contributed by atoms with Crippen LogP contribution >= 0.6 is 0 Å². The molecule has 5 heteroatoms. The Bertz CT molecular complexity index is 631. The van der Waals surface area contributed by atoms with E-state index in [-0.39, 0.29) is 17.9 Å². The molecule has 3 rings (SSSR count). The monoisotopic (exact) mass is 330 g/mol. The lowest BCUT2D eigenvalue weighted by molar-refractivity contribution is -0.134. The van der Waals surface area contributed by atoms with Gasteiger partial charge in [-0.2, -0.15) is 0 Å². The zero-order chi connectivity index (χ0) is 17.2. The highest BCUT2D eigenvalue weighted by Gasteiger charge is 2.56. The SMILES string of the molecule is CCc1cccc(C)c1NC(=O)C1(C(=O)NCC2CCCO2)CC1. The van der Waals surface area contributed by atoms with E-state index < -0.39 is 5.41 Å². The van der Waals surface area contributed by atoms with Gasteiger partial charge in [-0.3, -0.25) is 9.59 Å². The van der Waals surface area contributed by atoms with E-state index in [1.165, 1.54) is 0 Å². The highest BCUT2D eigenvalue weighted by Crippen LogP contribution is 2.47. The number of benzene rings is 1. The summed E-state index contributed by atoms with van der Waals surface area (Å²) >= 11 is 0. The van der Waals surface area contributed by atoms with Crippen LogP contribution < -0.4 is 10.6 Å². The van der Waals surface area contributed by atoms with Gasteiger partial charge in [0, 0.05) is 18.8 Å². The molecule has 2 N–H and O–H groups in total. The average molecular weight is 330 g/mol. The molecule has 130 valence electrons. The molecule has 1 aliphatic carbocycles. The van der Waals surface area contributed by atoms with Gasteiger partial charge >= 0.3 is 0 Å². The summed E-state index contributed by atoms with van der Waals surface area (Å²) in [6.45, 7) is 5.30. The molecule has 0 radical (unpaired) electrons. The first kappa shape index (κ1) is 17.0. The van der Waals surface area contributed by atoms with Crippen molar-refractivity contribution in [3.05, 3.63) is 29.3 Å². The van der Waals surface area contributed by atoms with Crippen molar-refractivity contribution in [3.8, 4) is 0 Å². The summed E-state index contributed by atoms with van der Waals surface area (Å²) in [4.78, 5) is 25.3. The number of hydrogen-bond donors (Lipinski definition) is 2. The highest BCUT2D eigenvalue weighted by atomic mass is 16.5. The molecule has 1 aromatic rings. The second-order valence-corrected chi connectivity index (χ2v) is 6.84. The van der Waals surface area contributed by atoms with Crippen LogP contribution in [-0.2, 0) is 20.7 Å². The average Bonchev–Trinajstić information content (AvgIpc) is 3.24. The lowest BCUT2D eigenvalue weighted by atomic mass is 10.0. The quantitative estimate of drug-likeness (QED) is 0.788. The van der Waals surface area contributed by atoms with Crippen molar-refractivity contribution in [2.24, 2.45) is 5.41 Å². The van der Waals surface area contributed by atoms with Gasteiger partial charge in [-0.25, -0.2) is 0 Å². The van der Waals surface area contributed by atoms with E-state index in [9.17, 15) is 9.59 Å². The van der Waals surface area contributed by atoms with Crippen LogP contribution in [0.15, 0.2) is 18.2 Å². The minimum Gasteiger partial charge on any atom is -0.376 e. The number of hydrogen-bond acceptors (Lipinski definition) is 3. The molecule has 1 atom stereocenters. The number of ether oxygens (including phenoxy) is 1. The number of carbonyl (C=O) groups is 2. The third-order valence-electron chi connectivity index (χ3n) is 5.11. The Morgan fingerprint density at radius 3 is 2.71 bits per heavy atom. The number of anilines is 1. The largest absolute Gasteiger partial charge is 0.376 e. The van der Waals surface area contributed by atoms with Crippen molar-refractivity contribution in [3.63, 3.8) is 0 Å². The fourth-order valence-electron chi connectivity index (χ4n) is 3.30. The Kier molecular flexibility index (Phi) is 4.90. The van der Waals surface area contributed by atoms with Crippen LogP contribution in [0.3, 0.4) is 0 Å². The van der Waals surface area contributed by atoms with Crippen LogP contribution in [0.5, 0.6) is 0 Å². The van der Waals surface area contributed by atoms with E-state index in [4.69, 9.17) is 4.74 Å². The van der Waals surface area contributed by atoms with Crippen LogP contribution in [0.1, 0.15) is 43.7 Å². The Morgan fingerprint density at radius 1 is 1.29 bits per heavy atom. The maximum absolute atomic E-state index is 12.8. The van der Waals surface area contributed by atoms with Gasteiger partial charge in [-0.1, -0.05) is 25.1 Å². The summed E-state index contributed by atoms with van der Waals surface area (Å²) in [5, 5.41) is 5.92. The summed E-state index contributed by atoms with van der Waals surface area (Å²) in [6, 6.07) is 5.98. The molecule has 2 fully saturated rings. The molecule has 1 unspecified atom stereocenters. The van der Waals surface area contributed by atoms with Crippen LogP contribution in [0.4, 0.5) is 5.69 Å². The third kappa shape index (κ3) is 3.31. The molecular formula is C19H26N2O3. The van der Waals surface area contributed by atoms with Gasteiger partial charge in [0.15, 0.2) is 0 Å². The molecular weight excluding hydrogens is 304 g/mol. The smallest absolute Gasteiger partial charge is 0.240 e. The van der Waals surface area contributed by atoms with Crippen LogP contribution in [0.2, 0.25) is 0 Å². The molecule has 24 heavy (non-hydrogen) atoms. The van der Waals surface area contributed by atoms with Crippen LogP contribution in [0.25, 0.3) is 0 Å². The minimum absolute atomic E-state index is 0.0934. The normalized spacial score (nSPS) is 21.3. The molecule has 1 saturated carbocycles. The summed E-state index contributed by atoms with van der Waals surface area (Å²) in [6.07, 6.45) is 4.18. The van der Waals surface area contributed by atoms with Crippen molar-refractivity contribution >= 4 is 17.5 Å². The topological polar surface area (TPSA) is 67.4 Å². The van der Waals surface area contributed by atoms with Gasteiger partial charge in [0.25, 0.3) is 0 Å². The van der Waals surface area contributed by atoms with Crippen molar-refractivity contribution in [1.82, 2.24) is 5.32 Å². The first-order chi connectivity index (χ1) is 11.6. The predicted molar refractivity (Wildman–Crippen MR) is 92.8 cm³/mol. The molecule has 0 bridgehead atoms. The lowest BCUT2D eigenvalue weighted by Gasteiger charge is -2.19. The van der Waals surface area contributed by atoms with Gasteiger partial charge in [-0.05, 0) is 50.2 Å². The van der Waals surface area contributed by atoms with E-state index in [0.717, 1.165) is 42.7 Å². The molecule has 1 heterocycles. The fourth-order valence-corrected chi connectivity index (χ4v) is 3.30. The Morgan fingerprint density at radius 2 is 2.08 bits per heavy atom. The Hall–Kier alpha value is -1.88. The highest BCUT2D eigenvalue weighted by molar-refractivity contribution is 6.13. The van der Waals surface area contributed by atoms with E-state index >= 15 is 0 Å². The van der Waals surface area contributed by atoms with Crippen LogP contribution in [-0.4, -0.2) is 31.1 Å². The Balaban J connectivity index is 1.64. The Labute approximate surface area is 143 Å². The summed E-state index contributed by atoms with van der Waals surface area (Å²) < 4.78 is 5.52. The molecule has 0 spiro atoms. The molecule has 1 saturated heterocycles. The van der Waals surface area contributed by atoms with E-state index in [2.05, 4.69) is 17.6 Å².